The van der Waals surface area contributed by atoms with Gasteiger partial charge in [0.1, 0.15) is 0 Å². The first-order valence-corrected chi connectivity index (χ1v) is 2.51. The van der Waals surface area contributed by atoms with Crippen LogP contribution in [0.15, 0.2) is 24.8 Å². The molecule has 0 nitrogen and oxygen atoms in total. The number of allylic oxidation sites excluding steroid dienone is 3. The van der Waals surface area contributed by atoms with Gasteiger partial charge in [0, 0.05) is 4.86 Å². The molecule has 0 aliphatic rings. The van der Waals surface area contributed by atoms with Crippen LogP contribution in [-0.2, 0) is 0 Å². The summed E-state index contributed by atoms with van der Waals surface area (Å²) < 4.78 is 0. The third-order valence-corrected chi connectivity index (χ3v) is 0.835. The van der Waals surface area contributed by atoms with E-state index in [1.54, 1.807) is 6.08 Å². The van der Waals surface area contributed by atoms with Crippen molar-refractivity contribution in [3.63, 3.8) is 0 Å². The normalized spacial score (nSPS) is 9.29. The lowest BCUT2D eigenvalue weighted by molar-refractivity contribution is 1.77. The van der Waals surface area contributed by atoms with E-state index in [4.69, 9.17) is 12.2 Å². The van der Waals surface area contributed by atoms with Crippen molar-refractivity contribution in [2.75, 3.05) is 0 Å². The summed E-state index contributed by atoms with van der Waals surface area (Å²) in [7, 11) is 0. The number of rotatable bonds is 2. The van der Waals surface area contributed by atoms with Crippen LogP contribution in [-0.4, -0.2) is 4.86 Å². The van der Waals surface area contributed by atoms with Crippen molar-refractivity contribution in [1.29, 1.82) is 0 Å². The van der Waals surface area contributed by atoms with E-state index in [2.05, 4.69) is 6.58 Å². The second-order valence-electron chi connectivity index (χ2n) is 1.11. The van der Waals surface area contributed by atoms with Gasteiger partial charge in [0.15, 0.2) is 0 Å². The Bertz CT molecular complexity index is 101. The molecule has 0 heterocycles. The topological polar surface area (TPSA) is 0 Å². The van der Waals surface area contributed by atoms with Crippen molar-refractivity contribution in [2.24, 2.45) is 0 Å². The first kappa shape index (κ1) is 6.57. The van der Waals surface area contributed by atoms with E-state index in [1.807, 2.05) is 19.1 Å². The molecule has 7 heavy (non-hydrogen) atoms. The van der Waals surface area contributed by atoms with Crippen LogP contribution >= 0.6 is 12.2 Å². The standard InChI is InChI=1S/C6H8S/c1-3-5-6(7)4-2/h3-5H,2H2,1H3. The zero-order chi connectivity index (χ0) is 5.70. The Balaban J connectivity index is 3.58. The van der Waals surface area contributed by atoms with Crippen LogP contribution in [0, 0.1) is 0 Å². The molecule has 0 rings (SSSR count). The van der Waals surface area contributed by atoms with Gasteiger partial charge in [-0.05, 0) is 13.0 Å². The van der Waals surface area contributed by atoms with Crippen LogP contribution in [0.1, 0.15) is 6.92 Å². The van der Waals surface area contributed by atoms with Gasteiger partial charge in [-0.1, -0.05) is 30.9 Å². The lowest BCUT2D eigenvalue weighted by atomic mass is 10.4. The maximum Gasteiger partial charge on any atom is 0.0367 e. The van der Waals surface area contributed by atoms with Crippen molar-refractivity contribution in [3.05, 3.63) is 24.8 Å². The lowest BCUT2D eigenvalue weighted by Crippen LogP contribution is -1.75. The van der Waals surface area contributed by atoms with Gasteiger partial charge in [-0.2, -0.15) is 0 Å². The molecular formula is C6H8S. The highest BCUT2D eigenvalue weighted by molar-refractivity contribution is 7.81. The van der Waals surface area contributed by atoms with Crippen LogP contribution in [0.4, 0.5) is 0 Å². The van der Waals surface area contributed by atoms with E-state index in [1.165, 1.54) is 0 Å². The Kier molecular flexibility index (Phi) is 3.52. The summed E-state index contributed by atoms with van der Waals surface area (Å²) in [4.78, 5) is 0.794. The third kappa shape index (κ3) is 3.40. The minimum absolute atomic E-state index is 0.794. The fourth-order valence-corrected chi connectivity index (χ4v) is 0.368. The van der Waals surface area contributed by atoms with Crippen molar-refractivity contribution in [2.45, 2.75) is 6.92 Å². The zero-order valence-corrected chi connectivity index (χ0v) is 5.16. The summed E-state index contributed by atoms with van der Waals surface area (Å²) in [5.74, 6) is 0. The van der Waals surface area contributed by atoms with E-state index in [0.29, 0.717) is 0 Å². The average molecular weight is 112 g/mol. The molecule has 38 valence electrons. The highest BCUT2D eigenvalue weighted by Crippen LogP contribution is 1.79. The van der Waals surface area contributed by atoms with E-state index >= 15 is 0 Å². The molecule has 0 bridgehead atoms. The molecule has 0 N–H and O–H groups in total. The molecule has 0 aromatic carbocycles. The second kappa shape index (κ2) is 3.75. The number of hydrogen-bond donors (Lipinski definition) is 0. The molecule has 0 aromatic rings. The summed E-state index contributed by atoms with van der Waals surface area (Å²) >= 11 is 4.75. The van der Waals surface area contributed by atoms with Gasteiger partial charge in [0.05, 0.1) is 0 Å². The van der Waals surface area contributed by atoms with E-state index in [9.17, 15) is 0 Å². The van der Waals surface area contributed by atoms with Crippen LogP contribution in [0.25, 0.3) is 0 Å². The molecule has 0 radical (unpaired) electrons. The quantitative estimate of drug-likeness (QED) is 0.389. The van der Waals surface area contributed by atoms with Gasteiger partial charge in [-0.15, -0.1) is 0 Å². The molecule has 0 fully saturated rings. The van der Waals surface area contributed by atoms with Crippen molar-refractivity contribution in [3.8, 4) is 0 Å². The first-order valence-electron chi connectivity index (χ1n) is 2.10. The second-order valence-corrected chi connectivity index (χ2v) is 1.58. The molecule has 0 amide bonds. The maximum atomic E-state index is 4.75. The highest BCUT2D eigenvalue weighted by Gasteiger charge is 1.72. The van der Waals surface area contributed by atoms with Gasteiger partial charge < -0.3 is 0 Å². The van der Waals surface area contributed by atoms with Crippen LogP contribution in [0.5, 0.6) is 0 Å². The predicted octanol–water partition coefficient (Wildman–Crippen LogP) is 2.12. The Morgan fingerprint density at radius 2 is 2.29 bits per heavy atom. The molecule has 0 aliphatic heterocycles. The largest absolute Gasteiger partial charge is 0.0976 e. The van der Waals surface area contributed by atoms with Gasteiger partial charge in [-0.3, -0.25) is 0 Å². The van der Waals surface area contributed by atoms with Crippen molar-refractivity contribution in [1.82, 2.24) is 0 Å². The summed E-state index contributed by atoms with van der Waals surface area (Å²) in [6.45, 7) is 5.41. The highest BCUT2D eigenvalue weighted by atomic mass is 32.1. The Hall–Kier alpha value is -0.430. The maximum absolute atomic E-state index is 4.75. The summed E-state index contributed by atoms with van der Waals surface area (Å²) in [6.07, 6.45) is 5.38. The van der Waals surface area contributed by atoms with Gasteiger partial charge >= 0.3 is 0 Å². The minimum atomic E-state index is 0.794. The molecule has 0 aliphatic carbocycles. The molecular weight excluding hydrogens is 104 g/mol. The SMILES string of the molecule is C=CC(=S)C=CC. The lowest BCUT2D eigenvalue weighted by Gasteiger charge is -1.76. The average Bonchev–Trinajstić information content (AvgIpc) is 1.68. The monoisotopic (exact) mass is 112 g/mol. The molecule has 0 saturated carbocycles. The number of hydrogen-bond acceptors (Lipinski definition) is 1. The summed E-state index contributed by atoms with van der Waals surface area (Å²) in [6, 6.07) is 0. The van der Waals surface area contributed by atoms with Crippen LogP contribution < -0.4 is 0 Å². The minimum Gasteiger partial charge on any atom is -0.0976 e. The van der Waals surface area contributed by atoms with Crippen LogP contribution in [0.3, 0.4) is 0 Å². The Labute approximate surface area is 49.5 Å². The molecule has 0 aromatic heterocycles. The molecule has 0 spiro atoms. The first-order chi connectivity index (χ1) is 3.31. The van der Waals surface area contributed by atoms with E-state index in [0.717, 1.165) is 4.86 Å². The van der Waals surface area contributed by atoms with Gasteiger partial charge in [-0.25, -0.2) is 0 Å². The fraction of sp³-hybridized carbons (Fsp3) is 0.167. The zero-order valence-electron chi connectivity index (χ0n) is 4.35. The summed E-state index contributed by atoms with van der Waals surface area (Å²) in [5, 5.41) is 0. The summed E-state index contributed by atoms with van der Waals surface area (Å²) in [5.41, 5.74) is 0. The van der Waals surface area contributed by atoms with Gasteiger partial charge in [0.2, 0.25) is 0 Å². The van der Waals surface area contributed by atoms with E-state index in [-0.39, 0.29) is 0 Å². The smallest absolute Gasteiger partial charge is 0.0367 e. The van der Waals surface area contributed by atoms with Crippen LogP contribution in [0.2, 0.25) is 0 Å². The fourth-order valence-electron chi connectivity index (χ4n) is 0.232. The Morgan fingerprint density at radius 3 is 2.43 bits per heavy atom. The van der Waals surface area contributed by atoms with Crippen molar-refractivity contribution >= 4 is 17.1 Å². The molecule has 1 heteroatoms. The Morgan fingerprint density at radius 1 is 1.71 bits per heavy atom. The number of thiocarbonyl (C=S) groups is 1. The van der Waals surface area contributed by atoms with E-state index < -0.39 is 0 Å². The molecule has 0 unspecified atom stereocenters. The molecule has 0 saturated heterocycles. The van der Waals surface area contributed by atoms with Gasteiger partial charge in [0.25, 0.3) is 0 Å². The predicted molar refractivity (Wildman–Crippen MR) is 37.6 cm³/mol. The van der Waals surface area contributed by atoms with Crippen molar-refractivity contribution < 1.29 is 0 Å². The molecule has 0 atom stereocenters. The third-order valence-electron chi connectivity index (χ3n) is 0.532.